The number of para-hydroxylation sites is 2. The van der Waals surface area contributed by atoms with Crippen LogP contribution >= 0.6 is 0 Å². The summed E-state index contributed by atoms with van der Waals surface area (Å²) in [6.07, 6.45) is 0. The molecule has 1 aliphatic rings. The highest BCUT2D eigenvalue weighted by Gasteiger charge is 2.29. The zero-order valence-corrected chi connectivity index (χ0v) is 10.1. The molecule has 92 valence electrons. The average Bonchev–Trinajstić information content (AvgIpc) is 2.69. The zero-order chi connectivity index (χ0) is 13.1. The van der Waals surface area contributed by atoms with Crippen LogP contribution in [0.25, 0.3) is 0 Å². The Balaban J connectivity index is 2.42. The molecule has 2 rings (SSSR count). The number of ether oxygens (including phenoxy) is 2. The first-order valence-electron chi connectivity index (χ1n) is 5.51. The van der Waals surface area contributed by atoms with Crippen LogP contribution in [0.15, 0.2) is 35.7 Å². The summed E-state index contributed by atoms with van der Waals surface area (Å²) in [5.74, 6) is 0.152. The third-order valence-electron chi connectivity index (χ3n) is 2.54. The van der Waals surface area contributed by atoms with Gasteiger partial charge in [0.2, 0.25) is 5.88 Å². The topological polar surface area (TPSA) is 62.6 Å². The van der Waals surface area contributed by atoms with E-state index in [1.807, 2.05) is 24.3 Å². The fourth-order valence-electron chi connectivity index (χ4n) is 1.71. The molecule has 1 heterocycles. The molecule has 0 aliphatic carbocycles. The van der Waals surface area contributed by atoms with Crippen molar-refractivity contribution in [2.75, 3.05) is 18.6 Å². The lowest BCUT2D eigenvalue weighted by atomic mass is 10.3. The maximum atomic E-state index is 11.6. The molecular weight excluding hydrogens is 232 g/mol. The number of nitrogens with zero attached hydrogens (tertiary/aromatic N) is 2. The summed E-state index contributed by atoms with van der Waals surface area (Å²) in [6.45, 7) is 1.90. The molecule has 0 amide bonds. The molecular formula is C13H12N2O3. The molecule has 0 fully saturated rings. The molecule has 5 heteroatoms. The van der Waals surface area contributed by atoms with Crippen LogP contribution in [0.3, 0.4) is 0 Å². The SMILES string of the molecule is CCOC(=O)C(C#N)=C1Oc2ccccc2N1C. The molecule has 1 aromatic carbocycles. The van der Waals surface area contributed by atoms with Gasteiger partial charge in [0.1, 0.15) is 6.07 Å². The average molecular weight is 244 g/mol. The van der Waals surface area contributed by atoms with E-state index in [1.165, 1.54) is 0 Å². The van der Waals surface area contributed by atoms with E-state index in [0.29, 0.717) is 5.75 Å². The van der Waals surface area contributed by atoms with Crippen LogP contribution in [0.4, 0.5) is 5.69 Å². The summed E-state index contributed by atoms with van der Waals surface area (Å²) in [5.41, 5.74) is 0.681. The largest absolute Gasteiger partial charge is 0.462 e. The molecule has 0 aromatic heterocycles. The van der Waals surface area contributed by atoms with Gasteiger partial charge in [-0.2, -0.15) is 5.26 Å². The van der Waals surface area contributed by atoms with Crippen molar-refractivity contribution in [3.8, 4) is 11.8 Å². The molecule has 5 nitrogen and oxygen atoms in total. The van der Waals surface area contributed by atoms with E-state index < -0.39 is 5.97 Å². The lowest BCUT2D eigenvalue weighted by Gasteiger charge is -2.12. The normalized spacial score (nSPS) is 15.5. The van der Waals surface area contributed by atoms with Gasteiger partial charge in [0.15, 0.2) is 11.3 Å². The van der Waals surface area contributed by atoms with Crippen LogP contribution in [0.2, 0.25) is 0 Å². The van der Waals surface area contributed by atoms with E-state index in [9.17, 15) is 4.79 Å². The van der Waals surface area contributed by atoms with E-state index in [1.54, 1.807) is 24.9 Å². The highest BCUT2D eigenvalue weighted by Crippen LogP contribution is 2.38. The Hall–Kier alpha value is -2.48. The van der Waals surface area contributed by atoms with Crippen molar-refractivity contribution in [3.05, 3.63) is 35.7 Å². The standard InChI is InChI=1S/C13H12N2O3/c1-3-17-13(16)9(8-14)12-15(2)10-6-4-5-7-11(10)18-12/h4-7H,3H2,1-2H3. The molecule has 0 atom stereocenters. The van der Waals surface area contributed by atoms with Crippen LogP contribution in [0, 0.1) is 11.3 Å². The minimum absolute atomic E-state index is 0.129. The number of hydrogen-bond donors (Lipinski definition) is 0. The van der Waals surface area contributed by atoms with Crippen LogP contribution in [0.1, 0.15) is 6.92 Å². The van der Waals surface area contributed by atoms with E-state index in [2.05, 4.69) is 0 Å². The number of benzene rings is 1. The van der Waals surface area contributed by atoms with Crippen molar-refractivity contribution >= 4 is 11.7 Å². The summed E-state index contributed by atoms with van der Waals surface area (Å²) >= 11 is 0. The van der Waals surface area contributed by atoms with Gasteiger partial charge in [0.25, 0.3) is 0 Å². The monoisotopic (exact) mass is 244 g/mol. The van der Waals surface area contributed by atoms with Crippen molar-refractivity contribution in [1.29, 1.82) is 5.26 Å². The number of carbonyl (C=O) groups excluding carboxylic acids is 1. The van der Waals surface area contributed by atoms with Gasteiger partial charge in [-0.05, 0) is 19.1 Å². The molecule has 0 N–H and O–H groups in total. The maximum absolute atomic E-state index is 11.6. The van der Waals surface area contributed by atoms with Gasteiger partial charge in [-0.1, -0.05) is 12.1 Å². The Labute approximate surface area is 105 Å². The molecule has 0 unspecified atom stereocenters. The summed E-state index contributed by atoms with van der Waals surface area (Å²) in [5, 5.41) is 9.06. The summed E-state index contributed by atoms with van der Waals surface area (Å²) in [4.78, 5) is 13.3. The van der Waals surface area contributed by atoms with Crippen LogP contribution in [-0.2, 0) is 9.53 Å². The number of fused-ring (bicyclic) bond motifs is 1. The minimum atomic E-state index is -0.672. The van der Waals surface area contributed by atoms with Crippen molar-refractivity contribution in [2.24, 2.45) is 0 Å². The zero-order valence-electron chi connectivity index (χ0n) is 10.1. The first-order chi connectivity index (χ1) is 8.69. The number of nitriles is 1. The second kappa shape index (κ2) is 4.80. The van der Waals surface area contributed by atoms with Gasteiger partial charge in [-0.3, -0.25) is 0 Å². The molecule has 1 aromatic rings. The summed E-state index contributed by atoms with van der Waals surface area (Å²) in [6, 6.07) is 9.14. The Bertz CT molecular complexity index is 558. The number of anilines is 1. The van der Waals surface area contributed by atoms with Crippen molar-refractivity contribution in [1.82, 2.24) is 0 Å². The third kappa shape index (κ3) is 1.89. The number of rotatable bonds is 2. The van der Waals surface area contributed by atoms with Crippen molar-refractivity contribution in [2.45, 2.75) is 6.92 Å². The molecule has 0 bridgehead atoms. The Kier molecular flexibility index (Phi) is 3.20. The van der Waals surface area contributed by atoms with Crippen LogP contribution < -0.4 is 9.64 Å². The highest BCUT2D eigenvalue weighted by molar-refractivity contribution is 5.94. The van der Waals surface area contributed by atoms with Gasteiger partial charge >= 0.3 is 5.97 Å². The molecule has 1 aliphatic heterocycles. The van der Waals surface area contributed by atoms with Gasteiger partial charge in [-0.25, -0.2) is 4.79 Å². The lowest BCUT2D eigenvalue weighted by Crippen LogP contribution is -2.20. The van der Waals surface area contributed by atoms with Crippen molar-refractivity contribution < 1.29 is 14.3 Å². The number of esters is 1. The van der Waals surface area contributed by atoms with Gasteiger partial charge in [0.05, 0.1) is 12.3 Å². The second-order valence-electron chi connectivity index (χ2n) is 3.64. The fourth-order valence-corrected chi connectivity index (χ4v) is 1.71. The first-order valence-corrected chi connectivity index (χ1v) is 5.51. The van der Waals surface area contributed by atoms with Gasteiger partial charge in [-0.15, -0.1) is 0 Å². The summed E-state index contributed by atoms with van der Waals surface area (Å²) < 4.78 is 10.4. The Morgan fingerprint density at radius 2 is 2.22 bits per heavy atom. The van der Waals surface area contributed by atoms with Crippen LogP contribution in [0.5, 0.6) is 5.75 Å². The molecule has 0 radical (unpaired) electrons. The first kappa shape index (κ1) is 12.0. The number of carbonyl (C=O) groups is 1. The lowest BCUT2D eigenvalue weighted by molar-refractivity contribution is -0.138. The van der Waals surface area contributed by atoms with Gasteiger partial charge < -0.3 is 14.4 Å². The van der Waals surface area contributed by atoms with Gasteiger partial charge in [0, 0.05) is 7.05 Å². The van der Waals surface area contributed by atoms with Crippen molar-refractivity contribution in [3.63, 3.8) is 0 Å². The molecule has 18 heavy (non-hydrogen) atoms. The van der Waals surface area contributed by atoms with E-state index in [0.717, 1.165) is 5.69 Å². The minimum Gasteiger partial charge on any atom is -0.462 e. The Morgan fingerprint density at radius 3 is 2.83 bits per heavy atom. The van der Waals surface area contributed by atoms with E-state index in [-0.39, 0.29) is 18.1 Å². The Morgan fingerprint density at radius 1 is 1.50 bits per heavy atom. The molecule has 0 spiro atoms. The van der Waals surface area contributed by atoms with E-state index in [4.69, 9.17) is 14.7 Å². The summed E-state index contributed by atoms with van der Waals surface area (Å²) in [7, 11) is 1.73. The predicted molar refractivity (Wildman–Crippen MR) is 64.7 cm³/mol. The predicted octanol–water partition coefficient (Wildman–Crippen LogP) is 1.81. The fraction of sp³-hybridized carbons (Fsp3) is 0.231. The second-order valence-corrected chi connectivity index (χ2v) is 3.64. The maximum Gasteiger partial charge on any atom is 0.354 e. The smallest absolute Gasteiger partial charge is 0.354 e. The van der Waals surface area contributed by atoms with Crippen LogP contribution in [-0.4, -0.2) is 19.6 Å². The number of hydrogen-bond acceptors (Lipinski definition) is 5. The van der Waals surface area contributed by atoms with E-state index >= 15 is 0 Å². The quantitative estimate of drug-likeness (QED) is 0.451. The molecule has 0 saturated carbocycles. The highest BCUT2D eigenvalue weighted by atomic mass is 16.5. The third-order valence-corrected chi connectivity index (χ3v) is 2.54. The molecule has 0 saturated heterocycles.